The number of ether oxygens (including phenoxy) is 1. The van der Waals surface area contributed by atoms with E-state index in [-0.39, 0.29) is 0 Å². The second kappa shape index (κ2) is 7.91. The maximum Gasteiger partial charge on any atom is 0.122 e. The molecule has 0 aromatic heterocycles. The van der Waals surface area contributed by atoms with Crippen LogP contribution in [0.4, 0.5) is 0 Å². The van der Waals surface area contributed by atoms with E-state index in [1.165, 1.54) is 5.56 Å². The van der Waals surface area contributed by atoms with Crippen LogP contribution in [0, 0.1) is 11.3 Å². The number of nitrogens with one attached hydrogen (secondary N) is 1. The second-order valence-electron chi connectivity index (χ2n) is 5.42. The predicted molar refractivity (Wildman–Crippen MR) is 83.0 cm³/mol. The number of nitriles is 1. The zero-order valence-corrected chi connectivity index (χ0v) is 13.1. The van der Waals surface area contributed by atoms with E-state index in [9.17, 15) is 5.26 Å². The van der Waals surface area contributed by atoms with Crippen molar-refractivity contribution in [1.29, 1.82) is 5.26 Å². The Bertz CT molecular complexity index is 453. The quantitative estimate of drug-likeness (QED) is 0.783. The van der Waals surface area contributed by atoms with Gasteiger partial charge in [0.15, 0.2) is 0 Å². The molecule has 0 aliphatic rings. The van der Waals surface area contributed by atoms with E-state index in [1.54, 1.807) is 0 Å². The molecule has 0 spiro atoms. The first-order chi connectivity index (χ1) is 9.56. The van der Waals surface area contributed by atoms with Gasteiger partial charge >= 0.3 is 0 Å². The molecule has 110 valence electrons. The summed E-state index contributed by atoms with van der Waals surface area (Å²) in [6.07, 6.45) is 1.76. The molecule has 0 aliphatic carbocycles. The van der Waals surface area contributed by atoms with Crippen LogP contribution in [0.25, 0.3) is 0 Å². The molecule has 0 fully saturated rings. The van der Waals surface area contributed by atoms with Gasteiger partial charge in [0.25, 0.3) is 0 Å². The standard InChI is InChI=1S/C17H26N2O/c1-5-14(3)15-9-7-8-10-16(15)20-12-11-17(4,13-18)19-6-2/h7-10,14,19H,5-6,11-12H2,1-4H3. The van der Waals surface area contributed by atoms with Gasteiger partial charge in [-0.3, -0.25) is 5.32 Å². The third-order valence-electron chi connectivity index (χ3n) is 3.74. The van der Waals surface area contributed by atoms with Gasteiger partial charge in [0, 0.05) is 6.42 Å². The van der Waals surface area contributed by atoms with Crippen LogP contribution in [0.1, 0.15) is 52.0 Å². The highest BCUT2D eigenvalue weighted by Gasteiger charge is 2.22. The molecule has 1 aromatic rings. The average Bonchev–Trinajstić information content (AvgIpc) is 2.47. The molecule has 2 unspecified atom stereocenters. The Morgan fingerprint density at radius 3 is 2.65 bits per heavy atom. The van der Waals surface area contributed by atoms with Gasteiger partial charge in [0.1, 0.15) is 11.3 Å². The van der Waals surface area contributed by atoms with Gasteiger partial charge in [-0.2, -0.15) is 5.26 Å². The first-order valence-electron chi connectivity index (χ1n) is 7.44. The molecule has 0 aliphatic heterocycles. The molecule has 0 bridgehead atoms. The Kier molecular flexibility index (Phi) is 6.54. The fraction of sp³-hybridized carbons (Fsp3) is 0.588. The van der Waals surface area contributed by atoms with Crippen molar-refractivity contribution in [2.75, 3.05) is 13.2 Å². The molecule has 1 rings (SSSR count). The van der Waals surface area contributed by atoms with Crippen LogP contribution in [0.15, 0.2) is 24.3 Å². The molecule has 0 amide bonds. The van der Waals surface area contributed by atoms with Crippen molar-refractivity contribution in [2.45, 2.75) is 52.0 Å². The molecular formula is C17H26N2O. The fourth-order valence-electron chi connectivity index (χ4n) is 2.18. The van der Waals surface area contributed by atoms with E-state index >= 15 is 0 Å². The highest BCUT2D eigenvalue weighted by molar-refractivity contribution is 5.35. The molecular weight excluding hydrogens is 248 g/mol. The van der Waals surface area contributed by atoms with Gasteiger partial charge in [-0.05, 0) is 37.4 Å². The Morgan fingerprint density at radius 2 is 2.05 bits per heavy atom. The van der Waals surface area contributed by atoms with Gasteiger partial charge < -0.3 is 4.74 Å². The number of para-hydroxylation sites is 1. The third-order valence-corrected chi connectivity index (χ3v) is 3.74. The lowest BCUT2D eigenvalue weighted by Gasteiger charge is -2.23. The third kappa shape index (κ3) is 4.54. The zero-order chi connectivity index (χ0) is 15.0. The largest absolute Gasteiger partial charge is 0.493 e. The minimum atomic E-state index is -0.514. The number of nitrogens with zero attached hydrogens (tertiary/aromatic N) is 1. The van der Waals surface area contributed by atoms with Gasteiger partial charge in [-0.15, -0.1) is 0 Å². The normalized spacial score (nSPS) is 15.2. The van der Waals surface area contributed by atoms with Crippen molar-refractivity contribution in [3.8, 4) is 11.8 Å². The Morgan fingerprint density at radius 1 is 1.35 bits per heavy atom. The van der Waals surface area contributed by atoms with Crippen molar-refractivity contribution >= 4 is 0 Å². The summed E-state index contributed by atoms with van der Waals surface area (Å²) in [5.74, 6) is 1.43. The molecule has 0 heterocycles. The maximum atomic E-state index is 9.23. The van der Waals surface area contributed by atoms with Crippen molar-refractivity contribution < 1.29 is 4.74 Å². The predicted octanol–water partition coefficient (Wildman–Crippen LogP) is 3.86. The summed E-state index contributed by atoms with van der Waals surface area (Å²) < 4.78 is 5.91. The smallest absolute Gasteiger partial charge is 0.122 e. The van der Waals surface area contributed by atoms with Crippen molar-refractivity contribution in [3.63, 3.8) is 0 Å². The molecule has 0 radical (unpaired) electrons. The summed E-state index contributed by atoms with van der Waals surface area (Å²) in [6.45, 7) is 9.65. The topological polar surface area (TPSA) is 45.0 Å². The molecule has 0 saturated heterocycles. The Labute approximate surface area is 123 Å². The number of hydrogen-bond acceptors (Lipinski definition) is 3. The van der Waals surface area contributed by atoms with Gasteiger partial charge in [0.2, 0.25) is 0 Å². The highest BCUT2D eigenvalue weighted by atomic mass is 16.5. The van der Waals surface area contributed by atoms with E-state index in [4.69, 9.17) is 4.74 Å². The van der Waals surface area contributed by atoms with Gasteiger partial charge in [-0.25, -0.2) is 0 Å². The highest BCUT2D eigenvalue weighted by Crippen LogP contribution is 2.28. The van der Waals surface area contributed by atoms with Crippen molar-refractivity contribution in [1.82, 2.24) is 5.32 Å². The lowest BCUT2D eigenvalue weighted by molar-refractivity contribution is 0.265. The summed E-state index contributed by atoms with van der Waals surface area (Å²) in [6, 6.07) is 10.5. The van der Waals surface area contributed by atoms with E-state index in [1.807, 2.05) is 32.0 Å². The number of rotatable bonds is 8. The van der Waals surface area contributed by atoms with E-state index in [2.05, 4.69) is 31.3 Å². The monoisotopic (exact) mass is 274 g/mol. The van der Waals surface area contributed by atoms with E-state index in [0.29, 0.717) is 18.9 Å². The number of hydrogen-bond donors (Lipinski definition) is 1. The first-order valence-corrected chi connectivity index (χ1v) is 7.44. The van der Waals surface area contributed by atoms with Gasteiger partial charge in [-0.1, -0.05) is 39.0 Å². The minimum Gasteiger partial charge on any atom is -0.493 e. The van der Waals surface area contributed by atoms with Crippen molar-refractivity contribution in [3.05, 3.63) is 29.8 Å². The summed E-state index contributed by atoms with van der Waals surface area (Å²) in [7, 11) is 0. The van der Waals surface area contributed by atoms with Crippen LogP contribution in [-0.2, 0) is 0 Å². The van der Waals surface area contributed by atoms with Gasteiger partial charge in [0.05, 0.1) is 12.7 Å². The van der Waals surface area contributed by atoms with Crippen molar-refractivity contribution in [2.24, 2.45) is 0 Å². The van der Waals surface area contributed by atoms with Crippen LogP contribution in [0.3, 0.4) is 0 Å². The fourth-order valence-corrected chi connectivity index (χ4v) is 2.18. The van der Waals surface area contributed by atoms with Crippen LogP contribution < -0.4 is 10.1 Å². The molecule has 20 heavy (non-hydrogen) atoms. The summed E-state index contributed by atoms with van der Waals surface area (Å²) in [4.78, 5) is 0. The van der Waals surface area contributed by atoms with Crippen LogP contribution >= 0.6 is 0 Å². The van der Waals surface area contributed by atoms with E-state index < -0.39 is 5.54 Å². The number of benzene rings is 1. The average molecular weight is 274 g/mol. The van der Waals surface area contributed by atoms with Crippen LogP contribution in [0.2, 0.25) is 0 Å². The second-order valence-corrected chi connectivity index (χ2v) is 5.42. The lowest BCUT2D eigenvalue weighted by Crippen LogP contribution is -2.42. The molecule has 1 aromatic carbocycles. The summed E-state index contributed by atoms with van der Waals surface area (Å²) in [5, 5.41) is 12.4. The Balaban J connectivity index is 2.65. The van der Waals surface area contributed by atoms with Crippen LogP contribution in [0.5, 0.6) is 5.75 Å². The Hall–Kier alpha value is -1.53. The summed E-state index contributed by atoms with van der Waals surface area (Å²) in [5.41, 5.74) is 0.734. The molecule has 0 saturated carbocycles. The molecule has 3 heteroatoms. The van der Waals surface area contributed by atoms with E-state index in [0.717, 1.165) is 18.7 Å². The van der Waals surface area contributed by atoms with Crippen LogP contribution in [-0.4, -0.2) is 18.7 Å². The SMILES string of the molecule is CCNC(C)(C#N)CCOc1ccccc1C(C)CC. The lowest BCUT2D eigenvalue weighted by atomic mass is 9.97. The summed E-state index contributed by atoms with van der Waals surface area (Å²) >= 11 is 0. The maximum absolute atomic E-state index is 9.23. The molecule has 1 N–H and O–H groups in total. The molecule has 2 atom stereocenters. The zero-order valence-electron chi connectivity index (χ0n) is 13.1. The molecule has 3 nitrogen and oxygen atoms in total. The minimum absolute atomic E-state index is 0.488. The first kappa shape index (κ1) is 16.5.